The highest BCUT2D eigenvalue weighted by Gasteiger charge is 2.05. The van der Waals surface area contributed by atoms with E-state index in [9.17, 15) is 0 Å². The van der Waals surface area contributed by atoms with Crippen molar-refractivity contribution in [1.82, 2.24) is 15.3 Å². The van der Waals surface area contributed by atoms with Gasteiger partial charge in [-0.15, -0.1) is 0 Å². The van der Waals surface area contributed by atoms with Crippen molar-refractivity contribution in [3.05, 3.63) is 18.0 Å². The van der Waals surface area contributed by atoms with Crippen molar-refractivity contribution < 1.29 is 5.11 Å². The molecule has 5 nitrogen and oxygen atoms in total. The second kappa shape index (κ2) is 7.97. The second-order valence-corrected chi connectivity index (χ2v) is 3.87. The fourth-order valence-electron chi connectivity index (χ4n) is 1.53. The molecule has 1 aromatic heterocycles. The van der Waals surface area contributed by atoms with Crippen molar-refractivity contribution in [3.8, 4) is 0 Å². The Kier molecular flexibility index (Phi) is 6.50. The number of aliphatic hydroxyl groups excluding tert-OH is 1. The minimum Gasteiger partial charge on any atom is -0.395 e. The van der Waals surface area contributed by atoms with Crippen LogP contribution < -0.4 is 10.2 Å². The van der Waals surface area contributed by atoms with E-state index in [0.717, 1.165) is 31.6 Å². The van der Waals surface area contributed by atoms with Crippen LogP contribution in [0.25, 0.3) is 0 Å². The molecule has 0 amide bonds. The molecule has 0 aromatic carbocycles. The lowest BCUT2D eigenvalue weighted by atomic mass is 10.3. The molecular weight excluding hydrogens is 216 g/mol. The number of nitrogens with zero attached hydrogens (tertiary/aromatic N) is 3. The van der Waals surface area contributed by atoms with E-state index < -0.39 is 0 Å². The highest BCUT2D eigenvalue weighted by Crippen LogP contribution is 2.06. The molecule has 0 aliphatic rings. The number of rotatable bonds is 8. The van der Waals surface area contributed by atoms with Crippen molar-refractivity contribution in [1.29, 1.82) is 0 Å². The molecule has 0 aliphatic carbocycles. The molecule has 1 rings (SSSR count). The van der Waals surface area contributed by atoms with Gasteiger partial charge < -0.3 is 15.3 Å². The molecule has 0 radical (unpaired) electrons. The summed E-state index contributed by atoms with van der Waals surface area (Å²) in [5.74, 6) is 0.681. The topological polar surface area (TPSA) is 61.3 Å². The minimum absolute atomic E-state index is 0.122. The van der Waals surface area contributed by atoms with Crippen molar-refractivity contribution in [2.75, 3.05) is 31.1 Å². The number of anilines is 1. The summed E-state index contributed by atoms with van der Waals surface area (Å²) in [6.45, 7) is 7.47. The van der Waals surface area contributed by atoms with Gasteiger partial charge >= 0.3 is 0 Å². The van der Waals surface area contributed by atoms with Gasteiger partial charge in [0, 0.05) is 37.6 Å². The number of nitrogens with one attached hydrogen (secondary N) is 1. The summed E-state index contributed by atoms with van der Waals surface area (Å²) in [5.41, 5.74) is 1.09. The van der Waals surface area contributed by atoms with Gasteiger partial charge in [0.15, 0.2) is 0 Å². The molecule has 0 fully saturated rings. The molecule has 0 bridgehead atoms. The minimum atomic E-state index is 0.122. The largest absolute Gasteiger partial charge is 0.395 e. The maximum atomic E-state index is 8.92. The SMILES string of the molecule is CCCNCc1cnc(N(CC)CCO)nc1. The van der Waals surface area contributed by atoms with Crippen LogP contribution in [0.2, 0.25) is 0 Å². The Labute approximate surface area is 103 Å². The summed E-state index contributed by atoms with van der Waals surface area (Å²) in [5, 5.41) is 12.2. The standard InChI is InChI=1S/C12H22N4O/c1-3-5-13-8-11-9-14-12(15-10-11)16(4-2)6-7-17/h9-10,13,17H,3-8H2,1-2H3. The third-order valence-electron chi connectivity index (χ3n) is 2.48. The van der Waals surface area contributed by atoms with Gasteiger partial charge in [-0.1, -0.05) is 6.92 Å². The van der Waals surface area contributed by atoms with Crippen LogP contribution in [-0.4, -0.2) is 41.3 Å². The van der Waals surface area contributed by atoms with Gasteiger partial charge in [-0.05, 0) is 19.9 Å². The van der Waals surface area contributed by atoms with E-state index in [2.05, 4.69) is 22.2 Å². The maximum absolute atomic E-state index is 8.92. The van der Waals surface area contributed by atoms with E-state index in [-0.39, 0.29) is 6.61 Å². The van der Waals surface area contributed by atoms with Crippen LogP contribution in [0, 0.1) is 0 Å². The van der Waals surface area contributed by atoms with Crippen LogP contribution in [0.15, 0.2) is 12.4 Å². The van der Waals surface area contributed by atoms with Crippen molar-refractivity contribution in [3.63, 3.8) is 0 Å². The van der Waals surface area contributed by atoms with Crippen LogP contribution in [0.3, 0.4) is 0 Å². The van der Waals surface area contributed by atoms with Crippen LogP contribution in [0.4, 0.5) is 5.95 Å². The Morgan fingerprint density at radius 1 is 1.29 bits per heavy atom. The maximum Gasteiger partial charge on any atom is 0.225 e. The number of likely N-dealkylation sites (N-methyl/N-ethyl adjacent to an activating group) is 1. The third kappa shape index (κ3) is 4.66. The summed E-state index contributed by atoms with van der Waals surface area (Å²) in [6.07, 6.45) is 4.80. The molecule has 0 saturated carbocycles. The first-order chi connectivity index (χ1) is 8.31. The van der Waals surface area contributed by atoms with E-state index in [1.165, 1.54) is 0 Å². The molecule has 0 aliphatic heterocycles. The Hall–Kier alpha value is -1.20. The zero-order chi connectivity index (χ0) is 12.5. The van der Waals surface area contributed by atoms with Gasteiger partial charge in [-0.25, -0.2) is 9.97 Å². The zero-order valence-corrected chi connectivity index (χ0v) is 10.7. The van der Waals surface area contributed by atoms with Gasteiger partial charge in [0.2, 0.25) is 5.95 Å². The van der Waals surface area contributed by atoms with Gasteiger partial charge in [-0.2, -0.15) is 0 Å². The Morgan fingerprint density at radius 2 is 2.00 bits per heavy atom. The Balaban J connectivity index is 2.53. The molecule has 0 saturated heterocycles. The molecular formula is C12H22N4O. The first kappa shape index (κ1) is 13.9. The predicted octanol–water partition coefficient (Wildman–Crippen LogP) is 0.795. The predicted molar refractivity (Wildman–Crippen MR) is 69.0 cm³/mol. The summed E-state index contributed by atoms with van der Waals surface area (Å²) in [7, 11) is 0. The Bertz CT molecular complexity index is 302. The molecule has 0 unspecified atom stereocenters. The highest BCUT2D eigenvalue weighted by molar-refractivity contribution is 5.29. The van der Waals surface area contributed by atoms with E-state index in [1.54, 1.807) is 0 Å². The van der Waals surface area contributed by atoms with Gasteiger partial charge in [-0.3, -0.25) is 0 Å². The van der Waals surface area contributed by atoms with Gasteiger partial charge in [0.25, 0.3) is 0 Å². The Morgan fingerprint density at radius 3 is 2.53 bits per heavy atom. The average Bonchev–Trinajstić information content (AvgIpc) is 2.37. The number of hydrogen-bond acceptors (Lipinski definition) is 5. The fraction of sp³-hybridized carbons (Fsp3) is 0.667. The lowest BCUT2D eigenvalue weighted by Crippen LogP contribution is -2.28. The van der Waals surface area contributed by atoms with Crippen LogP contribution in [0.1, 0.15) is 25.8 Å². The zero-order valence-electron chi connectivity index (χ0n) is 10.7. The molecule has 96 valence electrons. The number of hydrogen-bond donors (Lipinski definition) is 2. The second-order valence-electron chi connectivity index (χ2n) is 3.87. The molecule has 1 aromatic rings. The summed E-state index contributed by atoms with van der Waals surface area (Å²) in [4.78, 5) is 10.6. The van der Waals surface area contributed by atoms with Crippen molar-refractivity contribution >= 4 is 5.95 Å². The van der Waals surface area contributed by atoms with Crippen LogP contribution in [-0.2, 0) is 6.54 Å². The lowest BCUT2D eigenvalue weighted by Gasteiger charge is -2.19. The van der Waals surface area contributed by atoms with Gasteiger partial charge in [0.05, 0.1) is 6.61 Å². The van der Waals surface area contributed by atoms with E-state index in [4.69, 9.17) is 5.11 Å². The summed E-state index contributed by atoms with van der Waals surface area (Å²) < 4.78 is 0. The molecule has 1 heterocycles. The van der Waals surface area contributed by atoms with E-state index >= 15 is 0 Å². The van der Waals surface area contributed by atoms with Crippen molar-refractivity contribution in [2.45, 2.75) is 26.8 Å². The smallest absolute Gasteiger partial charge is 0.225 e. The van der Waals surface area contributed by atoms with E-state index in [0.29, 0.717) is 12.5 Å². The molecule has 2 N–H and O–H groups in total. The molecule has 0 atom stereocenters. The molecule has 5 heteroatoms. The first-order valence-electron chi connectivity index (χ1n) is 6.19. The highest BCUT2D eigenvalue weighted by atomic mass is 16.3. The number of aliphatic hydroxyl groups is 1. The fourth-order valence-corrected chi connectivity index (χ4v) is 1.53. The quantitative estimate of drug-likeness (QED) is 0.656. The average molecular weight is 238 g/mol. The van der Waals surface area contributed by atoms with Crippen molar-refractivity contribution in [2.24, 2.45) is 0 Å². The van der Waals surface area contributed by atoms with Crippen LogP contribution >= 0.6 is 0 Å². The summed E-state index contributed by atoms with van der Waals surface area (Å²) >= 11 is 0. The van der Waals surface area contributed by atoms with Gasteiger partial charge in [0.1, 0.15) is 0 Å². The molecule has 0 spiro atoms. The third-order valence-corrected chi connectivity index (χ3v) is 2.48. The number of aromatic nitrogens is 2. The monoisotopic (exact) mass is 238 g/mol. The normalized spacial score (nSPS) is 10.5. The molecule has 17 heavy (non-hydrogen) atoms. The summed E-state index contributed by atoms with van der Waals surface area (Å²) in [6, 6.07) is 0. The lowest BCUT2D eigenvalue weighted by molar-refractivity contribution is 0.301. The van der Waals surface area contributed by atoms with E-state index in [1.807, 2.05) is 24.2 Å². The first-order valence-corrected chi connectivity index (χ1v) is 6.19. The van der Waals surface area contributed by atoms with Crippen LogP contribution in [0.5, 0.6) is 0 Å².